The number of nitrogens with zero attached hydrogens (tertiary/aromatic N) is 2. The number of nitrogens with two attached hydrogens (primary N) is 1. The summed E-state index contributed by atoms with van der Waals surface area (Å²) < 4.78 is 0.201. The van der Waals surface area contributed by atoms with Gasteiger partial charge in [0.25, 0.3) is 5.69 Å². The van der Waals surface area contributed by atoms with Gasteiger partial charge in [0, 0.05) is 29.5 Å². The van der Waals surface area contributed by atoms with Gasteiger partial charge in [-0.3, -0.25) is 19.9 Å². The van der Waals surface area contributed by atoms with Crippen molar-refractivity contribution >= 4 is 39.4 Å². The molecular formula is C14H10BrN3O4. The number of carbonyl (C=O) groups is 1. The molecule has 7 nitrogen and oxygen atoms in total. The highest BCUT2D eigenvalue weighted by Gasteiger charge is 2.13. The van der Waals surface area contributed by atoms with E-state index in [0.717, 1.165) is 0 Å². The van der Waals surface area contributed by atoms with Gasteiger partial charge >= 0.3 is 0 Å². The van der Waals surface area contributed by atoms with Crippen molar-refractivity contribution in [2.75, 3.05) is 0 Å². The van der Waals surface area contributed by atoms with Crippen molar-refractivity contribution in [2.45, 2.75) is 0 Å². The number of benzene rings is 2. The molecule has 0 unspecified atom stereocenters. The van der Waals surface area contributed by atoms with Crippen LogP contribution < -0.4 is 5.73 Å². The van der Waals surface area contributed by atoms with Gasteiger partial charge < -0.3 is 10.8 Å². The molecule has 8 heteroatoms. The monoisotopic (exact) mass is 363 g/mol. The molecule has 112 valence electrons. The third kappa shape index (κ3) is 3.47. The first-order chi connectivity index (χ1) is 10.4. The summed E-state index contributed by atoms with van der Waals surface area (Å²) >= 11 is 3.05. The van der Waals surface area contributed by atoms with Crippen LogP contribution >= 0.6 is 15.9 Å². The van der Waals surface area contributed by atoms with Crippen LogP contribution in [0.25, 0.3) is 0 Å². The molecule has 0 aliphatic heterocycles. The van der Waals surface area contributed by atoms with Crippen molar-refractivity contribution in [1.82, 2.24) is 0 Å². The van der Waals surface area contributed by atoms with E-state index in [1.54, 1.807) is 12.1 Å². The molecule has 2 rings (SSSR count). The second-order valence-electron chi connectivity index (χ2n) is 4.29. The maximum absolute atomic E-state index is 11.0. The standard InChI is InChI=1S/C14H10BrN3O4/c15-12-6-11(18(21)22)5-9(13(12)19)7-17-10-3-1-8(2-4-10)14(16)20/h1-7,19H,(H2,16,20). The van der Waals surface area contributed by atoms with Gasteiger partial charge in [-0.25, -0.2) is 0 Å². The van der Waals surface area contributed by atoms with E-state index in [-0.39, 0.29) is 21.5 Å². The number of nitro benzene ring substituents is 1. The summed E-state index contributed by atoms with van der Waals surface area (Å²) in [5, 5.41) is 20.7. The summed E-state index contributed by atoms with van der Waals surface area (Å²) in [5.74, 6) is -0.695. The average Bonchev–Trinajstić information content (AvgIpc) is 2.48. The Morgan fingerprint density at radius 1 is 1.32 bits per heavy atom. The number of rotatable bonds is 4. The van der Waals surface area contributed by atoms with E-state index in [4.69, 9.17) is 5.73 Å². The molecule has 3 N–H and O–H groups in total. The number of phenols is 1. The molecule has 0 aromatic heterocycles. The lowest BCUT2D eigenvalue weighted by molar-refractivity contribution is -0.385. The van der Waals surface area contributed by atoms with Crippen LogP contribution in [0.15, 0.2) is 45.9 Å². The normalized spacial score (nSPS) is 10.8. The molecular weight excluding hydrogens is 354 g/mol. The molecule has 0 spiro atoms. The van der Waals surface area contributed by atoms with Crippen LogP contribution in [0.3, 0.4) is 0 Å². The largest absolute Gasteiger partial charge is 0.506 e. The average molecular weight is 364 g/mol. The fourth-order valence-corrected chi connectivity index (χ4v) is 2.13. The first-order valence-electron chi connectivity index (χ1n) is 5.99. The van der Waals surface area contributed by atoms with Crippen LogP contribution in [0.2, 0.25) is 0 Å². The summed E-state index contributed by atoms with van der Waals surface area (Å²) in [5.41, 5.74) is 6.01. The van der Waals surface area contributed by atoms with Gasteiger partial charge in [0.2, 0.25) is 5.91 Å². The Bertz CT molecular complexity index is 772. The van der Waals surface area contributed by atoms with Crippen molar-refractivity contribution in [3.8, 4) is 5.75 Å². The Morgan fingerprint density at radius 2 is 1.95 bits per heavy atom. The van der Waals surface area contributed by atoms with E-state index < -0.39 is 10.8 Å². The fraction of sp³-hybridized carbons (Fsp3) is 0. The SMILES string of the molecule is NC(=O)c1ccc(N=Cc2cc([N+](=O)[O-])cc(Br)c2O)cc1. The minimum atomic E-state index is -0.566. The summed E-state index contributed by atoms with van der Waals surface area (Å²) in [6.45, 7) is 0. The van der Waals surface area contributed by atoms with Crippen molar-refractivity contribution in [3.05, 3.63) is 62.1 Å². The van der Waals surface area contributed by atoms with E-state index in [1.165, 1.54) is 30.5 Å². The molecule has 2 aromatic rings. The molecule has 0 atom stereocenters. The number of hydrogen-bond donors (Lipinski definition) is 2. The third-order valence-corrected chi connectivity index (χ3v) is 3.40. The number of aromatic hydroxyl groups is 1. The Labute approximate surface area is 133 Å². The topological polar surface area (TPSA) is 119 Å². The Kier molecular flexibility index (Phi) is 4.52. The van der Waals surface area contributed by atoms with E-state index in [9.17, 15) is 20.0 Å². The Morgan fingerprint density at radius 3 is 2.50 bits per heavy atom. The van der Waals surface area contributed by atoms with Crippen LogP contribution in [-0.2, 0) is 0 Å². The quantitative estimate of drug-likeness (QED) is 0.492. The lowest BCUT2D eigenvalue weighted by Gasteiger charge is -2.02. The molecule has 0 radical (unpaired) electrons. The van der Waals surface area contributed by atoms with Gasteiger partial charge in [0.1, 0.15) is 5.75 Å². The highest BCUT2D eigenvalue weighted by atomic mass is 79.9. The van der Waals surface area contributed by atoms with Gasteiger partial charge in [0.15, 0.2) is 0 Å². The van der Waals surface area contributed by atoms with E-state index in [1.807, 2.05) is 0 Å². The number of carbonyl (C=O) groups excluding carboxylic acids is 1. The molecule has 0 fully saturated rings. The zero-order valence-corrected chi connectivity index (χ0v) is 12.6. The maximum Gasteiger partial charge on any atom is 0.271 e. The molecule has 2 aromatic carbocycles. The van der Waals surface area contributed by atoms with Gasteiger partial charge in [-0.05, 0) is 40.2 Å². The molecule has 0 aliphatic rings. The fourth-order valence-electron chi connectivity index (χ4n) is 1.67. The molecule has 0 aliphatic carbocycles. The zero-order chi connectivity index (χ0) is 16.3. The number of non-ortho nitro benzene ring substituents is 1. The van der Waals surface area contributed by atoms with Gasteiger partial charge in [-0.15, -0.1) is 0 Å². The lowest BCUT2D eigenvalue weighted by atomic mass is 10.2. The number of amides is 1. The second-order valence-corrected chi connectivity index (χ2v) is 5.15. The van der Waals surface area contributed by atoms with Gasteiger partial charge in [-0.2, -0.15) is 0 Å². The first-order valence-corrected chi connectivity index (χ1v) is 6.78. The molecule has 0 heterocycles. The molecule has 1 amide bonds. The van der Waals surface area contributed by atoms with Crippen molar-refractivity contribution in [2.24, 2.45) is 10.7 Å². The highest BCUT2D eigenvalue weighted by molar-refractivity contribution is 9.10. The van der Waals surface area contributed by atoms with E-state index in [0.29, 0.717) is 11.3 Å². The maximum atomic E-state index is 11.0. The van der Waals surface area contributed by atoms with Crippen LogP contribution in [0.4, 0.5) is 11.4 Å². The van der Waals surface area contributed by atoms with Crippen LogP contribution in [0, 0.1) is 10.1 Å². The lowest BCUT2D eigenvalue weighted by Crippen LogP contribution is -2.10. The predicted octanol–water partition coefficient (Wildman–Crippen LogP) is 2.91. The summed E-state index contributed by atoms with van der Waals surface area (Å²) in [4.78, 5) is 25.3. The van der Waals surface area contributed by atoms with Crippen molar-refractivity contribution < 1.29 is 14.8 Å². The minimum absolute atomic E-state index is 0.150. The molecule has 22 heavy (non-hydrogen) atoms. The first kappa shape index (κ1) is 15.6. The van der Waals surface area contributed by atoms with Crippen LogP contribution in [0.5, 0.6) is 5.75 Å². The van der Waals surface area contributed by atoms with Crippen LogP contribution in [-0.4, -0.2) is 22.2 Å². The highest BCUT2D eigenvalue weighted by Crippen LogP contribution is 2.31. The predicted molar refractivity (Wildman–Crippen MR) is 84.7 cm³/mol. The van der Waals surface area contributed by atoms with E-state index >= 15 is 0 Å². The Hall–Kier alpha value is -2.74. The second kappa shape index (κ2) is 6.35. The number of hydrogen-bond acceptors (Lipinski definition) is 5. The van der Waals surface area contributed by atoms with Crippen LogP contribution in [0.1, 0.15) is 15.9 Å². The van der Waals surface area contributed by atoms with Crippen molar-refractivity contribution in [1.29, 1.82) is 0 Å². The van der Waals surface area contributed by atoms with E-state index in [2.05, 4.69) is 20.9 Å². The molecule has 0 saturated carbocycles. The summed E-state index contributed by atoms with van der Waals surface area (Å²) in [7, 11) is 0. The number of primary amides is 1. The van der Waals surface area contributed by atoms with Gasteiger partial charge in [0.05, 0.1) is 15.1 Å². The number of nitro groups is 1. The Balaban J connectivity index is 2.33. The molecule has 0 bridgehead atoms. The van der Waals surface area contributed by atoms with Crippen molar-refractivity contribution in [3.63, 3.8) is 0 Å². The summed E-state index contributed by atoms with van der Waals surface area (Å²) in [6, 6.07) is 8.58. The number of aliphatic imine (C=N–C) groups is 1. The summed E-state index contributed by atoms with van der Waals surface area (Å²) in [6.07, 6.45) is 1.30. The van der Waals surface area contributed by atoms with Gasteiger partial charge in [-0.1, -0.05) is 0 Å². The number of phenolic OH excluding ortho intramolecular Hbond substituents is 1. The number of halogens is 1. The third-order valence-electron chi connectivity index (χ3n) is 2.79. The zero-order valence-electron chi connectivity index (χ0n) is 11.1. The molecule has 0 saturated heterocycles. The minimum Gasteiger partial charge on any atom is -0.506 e. The smallest absolute Gasteiger partial charge is 0.271 e.